The van der Waals surface area contributed by atoms with E-state index in [0.29, 0.717) is 7.67 Å². The minimum absolute atomic E-state index is 0.634. The summed E-state index contributed by atoms with van der Waals surface area (Å²) in [4.78, 5) is 0. The van der Waals surface area contributed by atoms with E-state index >= 15 is 0 Å². The van der Waals surface area contributed by atoms with E-state index in [1.165, 1.54) is 60.8 Å². The Morgan fingerprint density at radius 1 is 0.615 bits per heavy atom. The van der Waals surface area contributed by atoms with Crippen molar-refractivity contribution in [2.75, 3.05) is 0 Å². The summed E-state index contributed by atoms with van der Waals surface area (Å²) in [6, 6.07) is 16.0. The van der Waals surface area contributed by atoms with Crippen LogP contribution in [0.2, 0.25) is 0 Å². The summed E-state index contributed by atoms with van der Waals surface area (Å²) >= 11 is 3.31. The van der Waals surface area contributed by atoms with Gasteiger partial charge in [0.15, 0.2) is 0 Å². The molecule has 26 heavy (non-hydrogen) atoms. The Hall–Kier alpha value is -1.60. The molecule has 0 unspecified atom stereocenters. The van der Waals surface area contributed by atoms with Crippen LogP contribution in [0.1, 0.15) is 33.4 Å². The quantitative estimate of drug-likeness (QED) is 0.506. The topological polar surface area (TPSA) is 0 Å². The zero-order chi connectivity index (χ0) is 19.0. The summed E-state index contributed by atoms with van der Waals surface area (Å²) in [7, 11) is 0.634. The van der Waals surface area contributed by atoms with Crippen LogP contribution in [0.4, 0.5) is 0 Å². The number of rotatable bonds is 3. The van der Waals surface area contributed by atoms with Crippen LogP contribution in [-0.4, -0.2) is 22.6 Å². The molecule has 2 heteroatoms. The summed E-state index contributed by atoms with van der Waals surface area (Å²) in [6.07, 6.45) is 0. The summed E-state index contributed by atoms with van der Waals surface area (Å²) in [5.41, 5.74) is 13.6. The summed E-state index contributed by atoms with van der Waals surface area (Å²) < 4.78 is 0. The van der Waals surface area contributed by atoms with Gasteiger partial charge in [0, 0.05) is 0 Å². The number of hydrogen-bond acceptors (Lipinski definition) is 0. The van der Waals surface area contributed by atoms with Crippen LogP contribution < -0.4 is 5.19 Å². The molecule has 0 amide bonds. The van der Waals surface area contributed by atoms with Crippen LogP contribution in [0, 0.1) is 41.5 Å². The van der Waals surface area contributed by atoms with Crippen molar-refractivity contribution in [3.8, 4) is 22.3 Å². The predicted octanol–water partition coefficient (Wildman–Crippen LogP) is 5.28. The molecule has 0 nitrogen and oxygen atoms in total. The Morgan fingerprint density at radius 3 is 1.27 bits per heavy atom. The molecule has 131 valence electrons. The van der Waals surface area contributed by atoms with E-state index in [1.807, 2.05) is 0 Å². The monoisotopic (exact) mass is 421 g/mol. The van der Waals surface area contributed by atoms with Gasteiger partial charge in [0.05, 0.1) is 0 Å². The summed E-state index contributed by atoms with van der Waals surface area (Å²) in [5, 5.41) is 1.43. The molecule has 0 heterocycles. The Balaban J connectivity index is 2.34. The third kappa shape index (κ3) is 3.47. The van der Waals surface area contributed by atoms with Crippen LogP contribution in [0.5, 0.6) is 0 Å². The fourth-order valence-corrected chi connectivity index (χ4v) is 6.31. The molecule has 0 aliphatic heterocycles. The molecule has 0 N–H and O–H groups in total. The van der Waals surface area contributed by atoms with E-state index in [9.17, 15) is 0 Å². The molecule has 0 saturated heterocycles. The summed E-state index contributed by atoms with van der Waals surface area (Å²) in [6.45, 7) is 13.3. The van der Waals surface area contributed by atoms with Crippen molar-refractivity contribution in [3.63, 3.8) is 0 Å². The van der Waals surface area contributed by atoms with Gasteiger partial charge in [0.2, 0.25) is 0 Å². The molecular weight excluding hydrogens is 395 g/mol. The average Bonchev–Trinajstić information content (AvgIpc) is 2.53. The van der Waals surface area contributed by atoms with Gasteiger partial charge in [-0.2, -0.15) is 0 Å². The molecular formula is C24H25SeSi. The maximum absolute atomic E-state index is 3.31. The third-order valence-electron chi connectivity index (χ3n) is 5.06. The van der Waals surface area contributed by atoms with E-state index in [4.69, 9.17) is 0 Å². The first-order valence-electron chi connectivity index (χ1n) is 9.01. The first-order chi connectivity index (χ1) is 12.3. The molecule has 3 rings (SSSR count). The molecule has 0 aliphatic carbocycles. The molecule has 0 bridgehead atoms. The first kappa shape index (κ1) is 19.2. The SMILES string of the molecule is Cc1cc(C)c(-c2cccc(-c3c(C)cc(C)cc3C)c2[Si]=[Se])c(C)c1. The Kier molecular flexibility index (Phi) is 5.57. The zero-order valence-electron chi connectivity index (χ0n) is 16.4. The predicted molar refractivity (Wildman–Crippen MR) is 117 cm³/mol. The van der Waals surface area contributed by atoms with Crippen LogP contribution >= 0.6 is 0 Å². The zero-order valence-corrected chi connectivity index (χ0v) is 19.2. The Labute approximate surface area is 167 Å². The van der Waals surface area contributed by atoms with E-state index < -0.39 is 0 Å². The third-order valence-corrected chi connectivity index (χ3v) is 7.09. The molecule has 1 radical (unpaired) electrons. The van der Waals surface area contributed by atoms with E-state index in [2.05, 4.69) is 98.9 Å². The molecule has 0 spiro atoms. The van der Waals surface area contributed by atoms with Crippen molar-refractivity contribution in [3.05, 3.63) is 75.8 Å². The van der Waals surface area contributed by atoms with E-state index in [1.54, 1.807) is 0 Å². The van der Waals surface area contributed by atoms with Crippen LogP contribution in [0.3, 0.4) is 0 Å². The first-order valence-corrected chi connectivity index (χ1v) is 12.5. The van der Waals surface area contributed by atoms with Gasteiger partial charge in [0.1, 0.15) is 0 Å². The van der Waals surface area contributed by atoms with Crippen molar-refractivity contribution < 1.29 is 0 Å². The van der Waals surface area contributed by atoms with Gasteiger partial charge in [-0.3, -0.25) is 0 Å². The van der Waals surface area contributed by atoms with E-state index in [0.717, 1.165) is 0 Å². The van der Waals surface area contributed by atoms with Gasteiger partial charge in [-0.25, -0.2) is 0 Å². The van der Waals surface area contributed by atoms with Gasteiger partial charge < -0.3 is 0 Å². The van der Waals surface area contributed by atoms with Gasteiger partial charge in [-0.05, 0) is 0 Å². The summed E-state index contributed by atoms with van der Waals surface area (Å²) in [5.74, 6) is 0. The van der Waals surface area contributed by atoms with Gasteiger partial charge in [0.25, 0.3) is 0 Å². The number of aryl methyl sites for hydroxylation is 6. The molecule has 0 atom stereocenters. The minimum atomic E-state index is 0.634. The average molecular weight is 421 g/mol. The fourth-order valence-electron chi connectivity index (χ4n) is 4.29. The van der Waals surface area contributed by atoms with Gasteiger partial charge in [-0.15, -0.1) is 0 Å². The molecule has 0 aliphatic rings. The van der Waals surface area contributed by atoms with Gasteiger partial charge in [-0.1, -0.05) is 0 Å². The number of hydrogen-bond donors (Lipinski definition) is 0. The second kappa shape index (κ2) is 7.56. The van der Waals surface area contributed by atoms with Crippen LogP contribution in [0.25, 0.3) is 22.3 Å². The second-order valence-corrected chi connectivity index (χ2v) is 9.37. The van der Waals surface area contributed by atoms with E-state index in [-0.39, 0.29) is 0 Å². The van der Waals surface area contributed by atoms with Crippen molar-refractivity contribution in [1.82, 2.24) is 0 Å². The molecule has 3 aromatic carbocycles. The van der Waals surface area contributed by atoms with Crippen LogP contribution in [0.15, 0.2) is 42.5 Å². The molecule has 0 saturated carbocycles. The fraction of sp³-hybridized carbons (Fsp3) is 0.250. The standard InChI is InChI=1S/C24H25SeSi/c1-14-10-16(3)22(17(4)11-14)20-8-7-9-21(24(20)26-25)23-18(5)12-15(2)13-19(23)6/h7-13H,1-6H3. The normalized spacial score (nSPS) is 10.8. The molecule has 0 aromatic heterocycles. The molecule has 3 aromatic rings. The van der Waals surface area contributed by atoms with Crippen molar-refractivity contribution in [2.24, 2.45) is 0 Å². The number of benzene rings is 3. The second-order valence-electron chi connectivity index (χ2n) is 7.38. The van der Waals surface area contributed by atoms with Gasteiger partial charge >= 0.3 is 167 Å². The Bertz CT molecular complexity index is 893. The van der Waals surface area contributed by atoms with Crippen LogP contribution in [-0.2, 0) is 0 Å². The van der Waals surface area contributed by atoms with Crippen molar-refractivity contribution in [1.29, 1.82) is 0 Å². The maximum atomic E-state index is 3.31. The van der Waals surface area contributed by atoms with Crippen molar-refractivity contribution in [2.45, 2.75) is 41.5 Å². The Morgan fingerprint density at radius 2 is 0.962 bits per heavy atom. The van der Waals surface area contributed by atoms with Crippen molar-refractivity contribution >= 4 is 27.7 Å². The molecule has 0 fully saturated rings.